The van der Waals surface area contributed by atoms with Crippen LogP contribution < -0.4 is 0 Å². The first-order valence-corrected chi connectivity index (χ1v) is 5.11. The van der Waals surface area contributed by atoms with E-state index in [1.54, 1.807) is 6.92 Å². The van der Waals surface area contributed by atoms with Crippen molar-refractivity contribution in [3.63, 3.8) is 0 Å². The first-order chi connectivity index (χ1) is 6.09. The van der Waals surface area contributed by atoms with E-state index in [1.807, 2.05) is 0 Å². The average Bonchev–Trinajstić information content (AvgIpc) is 2.06. The molecule has 0 saturated heterocycles. The Morgan fingerprint density at radius 1 is 1.54 bits per heavy atom. The minimum Gasteiger partial charge on any atom is -0.300 e. The van der Waals surface area contributed by atoms with E-state index in [4.69, 9.17) is 0 Å². The standard InChI is InChI=1S/C11H18O2/c1-8-3-6-11(13)10(7-8)5-4-9(2)12/h8,10H,3-7H2,1-2H3. The molecule has 0 radical (unpaired) electrons. The summed E-state index contributed by atoms with van der Waals surface area (Å²) in [4.78, 5) is 22.2. The van der Waals surface area contributed by atoms with Gasteiger partial charge >= 0.3 is 0 Å². The van der Waals surface area contributed by atoms with Crippen LogP contribution in [0.2, 0.25) is 0 Å². The summed E-state index contributed by atoms with van der Waals surface area (Å²) in [7, 11) is 0. The third-order valence-corrected chi connectivity index (χ3v) is 2.87. The summed E-state index contributed by atoms with van der Waals surface area (Å²) < 4.78 is 0. The van der Waals surface area contributed by atoms with Gasteiger partial charge in [0.2, 0.25) is 0 Å². The monoisotopic (exact) mass is 182 g/mol. The third kappa shape index (κ3) is 3.29. The molecule has 0 aromatic rings. The van der Waals surface area contributed by atoms with Crippen molar-refractivity contribution in [2.75, 3.05) is 0 Å². The van der Waals surface area contributed by atoms with Gasteiger partial charge in [-0.2, -0.15) is 0 Å². The Bertz CT molecular complexity index is 208. The van der Waals surface area contributed by atoms with Crippen LogP contribution in [0.1, 0.15) is 46.0 Å². The molecule has 0 aromatic heterocycles. The maximum Gasteiger partial charge on any atom is 0.136 e. The molecule has 2 heteroatoms. The molecule has 2 atom stereocenters. The summed E-state index contributed by atoms with van der Waals surface area (Å²) >= 11 is 0. The zero-order valence-corrected chi connectivity index (χ0v) is 8.51. The van der Waals surface area contributed by atoms with E-state index in [2.05, 4.69) is 6.92 Å². The summed E-state index contributed by atoms with van der Waals surface area (Å²) in [5.41, 5.74) is 0. The molecule has 1 saturated carbocycles. The molecule has 2 nitrogen and oxygen atoms in total. The second-order valence-corrected chi connectivity index (χ2v) is 4.28. The molecule has 0 amide bonds. The third-order valence-electron chi connectivity index (χ3n) is 2.87. The van der Waals surface area contributed by atoms with Crippen molar-refractivity contribution < 1.29 is 9.59 Å². The molecule has 0 N–H and O–H groups in total. The number of carbonyl (C=O) groups is 2. The van der Waals surface area contributed by atoms with Crippen LogP contribution in [0.4, 0.5) is 0 Å². The minimum absolute atomic E-state index is 0.174. The van der Waals surface area contributed by atoms with E-state index in [0.717, 1.165) is 25.7 Å². The molecule has 0 spiro atoms. The van der Waals surface area contributed by atoms with Gasteiger partial charge in [0, 0.05) is 18.8 Å². The van der Waals surface area contributed by atoms with Gasteiger partial charge in [-0.3, -0.25) is 4.79 Å². The fraction of sp³-hybridized carbons (Fsp3) is 0.818. The smallest absolute Gasteiger partial charge is 0.136 e. The molecule has 1 aliphatic carbocycles. The maximum absolute atomic E-state index is 11.4. The first-order valence-electron chi connectivity index (χ1n) is 5.11. The molecule has 1 rings (SSSR count). The number of Topliss-reactive ketones (excluding diaryl/α,β-unsaturated/α-hetero) is 2. The van der Waals surface area contributed by atoms with Crippen LogP contribution in [-0.2, 0) is 9.59 Å². The number of ketones is 2. The highest BCUT2D eigenvalue weighted by atomic mass is 16.1. The van der Waals surface area contributed by atoms with Gasteiger partial charge in [0.05, 0.1) is 0 Å². The molecular formula is C11H18O2. The Balaban J connectivity index is 2.37. The highest BCUT2D eigenvalue weighted by molar-refractivity contribution is 5.82. The van der Waals surface area contributed by atoms with E-state index in [1.165, 1.54) is 0 Å². The molecule has 13 heavy (non-hydrogen) atoms. The zero-order valence-electron chi connectivity index (χ0n) is 8.51. The van der Waals surface area contributed by atoms with Crippen LogP contribution in [0.25, 0.3) is 0 Å². The lowest BCUT2D eigenvalue weighted by Gasteiger charge is -2.25. The Labute approximate surface area is 79.7 Å². The maximum atomic E-state index is 11.4. The molecule has 0 aromatic carbocycles. The molecule has 0 aliphatic heterocycles. The lowest BCUT2D eigenvalue weighted by Crippen LogP contribution is -2.24. The molecule has 74 valence electrons. The van der Waals surface area contributed by atoms with Crippen LogP contribution in [0.15, 0.2) is 0 Å². The Kier molecular flexibility index (Phi) is 3.64. The summed E-state index contributed by atoms with van der Waals surface area (Å²) in [6.45, 7) is 3.78. The zero-order chi connectivity index (χ0) is 9.84. The van der Waals surface area contributed by atoms with Crippen molar-refractivity contribution in [3.05, 3.63) is 0 Å². The largest absolute Gasteiger partial charge is 0.300 e. The van der Waals surface area contributed by atoms with E-state index in [-0.39, 0.29) is 11.7 Å². The van der Waals surface area contributed by atoms with Crippen LogP contribution in [0.3, 0.4) is 0 Å². The Morgan fingerprint density at radius 2 is 2.23 bits per heavy atom. The van der Waals surface area contributed by atoms with Crippen LogP contribution in [0.5, 0.6) is 0 Å². The molecule has 0 bridgehead atoms. The SMILES string of the molecule is CC(=O)CCC1CC(C)CCC1=O. The highest BCUT2D eigenvalue weighted by Gasteiger charge is 2.25. The van der Waals surface area contributed by atoms with E-state index in [0.29, 0.717) is 18.1 Å². The van der Waals surface area contributed by atoms with Crippen molar-refractivity contribution in [3.8, 4) is 0 Å². The van der Waals surface area contributed by atoms with Gasteiger partial charge in [-0.15, -0.1) is 0 Å². The van der Waals surface area contributed by atoms with Gasteiger partial charge in [-0.25, -0.2) is 0 Å². The van der Waals surface area contributed by atoms with Crippen molar-refractivity contribution >= 4 is 11.6 Å². The number of rotatable bonds is 3. The van der Waals surface area contributed by atoms with E-state index in [9.17, 15) is 9.59 Å². The predicted molar refractivity (Wildman–Crippen MR) is 51.4 cm³/mol. The highest BCUT2D eigenvalue weighted by Crippen LogP contribution is 2.28. The minimum atomic E-state index is 0.174. The van der Waals surface area contributed by atoms with Crippen LogP contribution >= 0.6 is 0 Å². The van der Waals surface area contributed by atoms with Crippen LogP contribution in [-0.4, -0.2) is 11.6 Å². The van der Waals surface area contributed by atoms with Gasteiger partial charge < -0.3 is 4.79 Å². The van der Waals surface area contributed by atoms with E-state index < -0.39 is 0 Å². The summed E-state index contributed by atoms with van der Waals surface area (Å²) in [6, 6.07) is 0. The number of carbonyl (C=O) groups excluding carboxylic acids is 2. The topological polar surface area (TPSA) is 34.1 Å². The number of hydrogen-bond donors (Lipinski definition) is 0. The average molecular weight is 182 g/mol. The molecule has 0 heterocycles. The normalized spacial score (nSPS) is 28.9. The van der Waals surface area contributed by atoms with Crippen molar-refractivity contribution in [1.82, 2.24) is 0 Å². The van der Waals surface area contributed by atoms with Gasteiger partial charge in [-0.1, -0.05) is 6.92 Å². The fourth-order valence-corrected chi connectivity index (χ4v) is 1.98. The van der Waals surface area contributed by atoms with Gasteiger partial charge in [0.15, 0.2) is 0 Å². The first kappa shape index (κ1) is 10.4. The van der Waals surface area contributed by atoms with Crippen LogP contribution in [0, 0.1) is 11.8 Å². The quantitative estimate of drug-likeness (QED) is 0.671. The summed E-state index contributed by atoms with van der Waals surface area (Å²) in [6.07, 6.45) is 4.10. The lowest BCUT2D eigenvalue weighted by molar-refractivity contribution is -0.126. The second-order valence-electron chi connectivity index (χ2n) is 4.28. The molecule has 1 aliphatic rings. The predicted octanol–water partition coefficient (Wildman–Crippen LogP) is 2.36. The number of hydrogen-bond acceptors (Lipinski definition) is 2. The Hall–Kier alpha value is -0.660. The second kappa shape index (κ2) is 4.54. The summed E-state index contributed by atoms with van der Waals surface area (Å²) in [5.74, 6) is 1.41. The van der Waals surface area contributed by atoms with Gasteiger partial charge in [0.1, 0.15) is 11.6 Å². The van der Waals surface area contributed by atoms with E-state index >= 15 is 0 Å². The molecule has 2 unspecified atom stereocenters. The van der Waals surface area contributed by atoms with Crippen molar-refractivity contribution in [2.24, 2.45) is 11.8 Å². The Morgan fingerprint density at radius 3 is 2.85 bits per heavy atom. The van der Waals surface area contributed by atoms with Gasteiger partial charge in [-0.05, 0) is 32.1 Å². The van der Waals surface area contributed by atoms with Crippen molar-refractivity contribution in [2.45, 2.75) is 46.0 Å². The molecule has 1 fully saturated rings. The molecular weight excluding hydrogens is 164 g/mol. The lowest BCUT2D eigenvalue weighted by atomic mass is 9.79. The fourth-order valence-electron chi connectivity index (χ4n) is 1.98. The summed E-state index contributed by atoms with van der Waals surface area (Å²) in [5, 5.41) is 0. The van der Waals surface area contributed by atoms with Crippen molar-refractivity contribution in [1.29, 1.82) is 0 Å². The van der Waals surface area contributed by atoms with Gasteiger partial charge in [0.25, 0.3) is 0 Å².